The van der Waals surface area contributed by atoms with E-state index >= 15 is 0 Å². The predicted molar refractivity (Wildman–Crippen MR) is 140 cm³/mol. The molecular weight excluding hydrogens is 486 g/mol. The molecular formula is C25H25N3O3S3. The van der Waals surface area contributed by atoms with Crippen molar-refractivity contribution >= 4 is 53.6 Å². The Kier molecular flexibility index (Phi) is 6.28. The number of hydrogen-bond acceptors (Lipinski definition) is 7. The van der Waals surface area contributed by atoms with Crippen LogP contribution in [0.1, 0.15) is 34.6 Å². The summed E-state index contributed by atoms with van der Waals surface area (Å²) in [4.78, 5) is 21.9. The maximum atomic E-state index is 13.2. The number of nitrogens with one attached hydrogen (secondary N) is 1. The first-order chi connectivity index (χ1) is 16.4. The number of nitrogens with zero attached hydrogens (tertiary/aromatic N) is 2. The topological polar surface area (TPSA) is 79.4 Å². The van der Waals surface area contributed by atoms with Crippen molar-refractivity contribution in [3.8, 4) is 10.6 Å². The van der Waals surface area contributed by atoms with Crippen molar-refractivity contribution < 1.29 is 13.2 Å². The third kappa shape index (κ3) is 4.29. The number of rotatable bonds is 6. The lowest BCUT2D eigenvalue weighted by atomic mass is 10.0. The molecule has 2 aromatic heterocycles. The van der Waals surface area contributed by atoms with E-state index in [1.807, 2.05) is 18.2 Å². The minimum Gasteiger partial charge on any atom is -0.313 e. The fourth-order valence-electron chi connectivity index (χ4n) is 4.18. The number of sulfone groups is 1. The Morgan fingerprint density at radius 1 is 1.09 bits per heavy atom. The van der Waals surface area contributed by atoms with Gasteiger partial charge in [0.25, 0.3) is 5.91 Å². The van der Waals surface area contributed by atoms with Crippen molar-refractivity contribution in [3.63, 3.8) is 0 Å². The number of benzene rings is 2. The van der Waals surface area contributed by atoms with E-state index in [1.165, 1.54) is 22.6 Å². The van der Waals surface area contributed by atoms with Crippen LogP contribution >= 0.6 is 22.7 Å². The second-order valence-electron chi connectivity index (χ2n) is 8.20. The van der Waals surface area contributed by atoms with Crippen LogP contribution in [0.3, 0.4) is 0 Å². The van der Waals surface area contributed by atoms with Gasteiger partial charge < -0.3 is 5.32 Å². The highest BCUT2D eigenvalue weighted by Crippen LogP contribution is 2.45. The quantitative estimate of drug-likeness (QED) is 0.372. The van der Waals surface area contributed by atoms with Crippen LogP contribution in [0.25, 0.3) is 20.8 Å². The van der Waals surface area contributed by atoms with Crippen molar-refractivity contribution in [2.24, 2.45) is 0 Å². The zero-order valence-corrected chi connectivity index (χ0v) is 21.4. The zero-order chi connectivity index (χ0) is 23.9. The molecule has 176 valence electrons. The van der Waals surface area contributed by atoms with Crippen molar-refractivity contribution in [1.82, 2.24) is 9.88 Å². The number of aromatic nitrogens is 1. The van der Waals surface area contributed by atoms with Crippen LogP contribution in [0.5, 0.6) is 0 Å². The first kappa shape index (κ1) is 23.2. The minimum atomic E-state index is -3.31. The molecule has 1 amide bonds. The molecule has 0 spiro atoms. The van der Waals surface area contributed by atoms with E-state index in [-0.39, 0.29) is 16.6 Å². The largest absolute Gasteiger partial charge is 0.313 e. The van der Waals surface area contributed by atoms with E-state index in [0.717, 1.165) is 51.8 Å². The SMILES string of the molecule is CCN1CCc2c(sc(NC(=O)c3ccc(S(=O)(=O)CC)cc3)c2-c2nc3ccccc3s2)C1. The standard InChI is InChI=1S/C25H25N3O3S3/c1-3-28-14-13-18-21(15-28)33-25(22(18)24-26-19-7-5-6-8-20(19)32-24)27-23(29)16-9-11-17(12-10-16)34(30,31)4-2/h5-12H,3-4,13-15H2,1-2H3,(H,27,29). The van der Waals surface area contributed by atoms with Gasteiger partial charge in [0, 0.05) is 29.1 Å². The molecule has 1 aliphatic rings. The molecule has 0 aliphatic carbocycles. The van der Waals surface area contributed by atoms with Gasteiger partial charge in [-0.3, -0.25) is 9.69 Å². The number of para-hydroxylation sites is 1. The summed E-state index contributed by atoms with van der Waals surface area (Å²) in [5, 5.41) is 4.83. The van der Waals surface area contributed by atoms with Crippen LogP contribution in [0.4, 0.5) is 5.00 Å². The number of thiazole rings is 1. The smallest absolute Gasteiger partial charge is 0.256 e. The maximum absolute atomic E-state index is 13.2. The Hall–Kier alpha value is -2.59. The first-order valence-electron chi connectivity index (χ1n) is 11.3. The van der Waals surface area contributed by atoms with Crippen molar-refractivity contribution in [1.29, 1.82) is 0 Å². The molecule has 0 bridgehead atoms. The summed E-state index contributed by atoms with van der Waals surface area (Å²) in [5.41, 5.74) is 3.68. The van der Waals surface area contributed by atoms with E-state index in [1.54, 1.807) is 41.7 Å². The van der Waals surface area contributed by atoms with Gasteiger partial charge >= 0.3 is 0 Å². The van der Waals surface area contributed by atoms with Gasteiger partial charge in [-0.1, -0.05) is 26.0 Å². The van der Waals surface area contributed by atoms with E-state index in [4.69, 9.17) is 4.98 Å². The van der Waals surface area contributed by atoms with Crippen molar-refractivity contribution in [2.45, 2.75) is 31.7 Å². The van der Waals surface area contributed by atoms with Gasteiger partial charge in [-0.05, 0) is 54.9 Å². The van der Waals surface area contributed by atoms with Gasteiger partial charge in [-0.2, -0.15) is 0 Å². The lowest BCUT2D eigenvalue weighted by Gasteiger charge is -2.25. The number of carbonyl (C=O) groups excluding carboxylic acids is 1. The van der Waals surface area contributed by atoms with Crippen molar-refractivity contribution in [2.75, 3.05) is 24.2 Å². The zero-order valence-electron chi connectivity index (χ0n) is 19.0. The summed E-state index contributed by atoms with van der Waals surface area (Å²) >= 11 is 3.26. The molecule has 5 rings (SSSR count). The van der Waals surface area contributed by atoms with E-state index < -0.39 is 9.84 Å². The molecule has 0 unspecified atom stereocenters. The molecule has 0 fully saturated rings. The average molecular weight is 512 g/mol. The van der Waals surface area contributed by atoms with Gasteiger partial charge in [-0.15, -0.1) is 22.7 Å². The number of amides is 1. The Labute approximate surface area is 207 Å². The third-order valence-corrected chi connectivity index (χ3v) is 10.1. The molecule has 2 aromatic carbocycles. The van der Waals surface area contributed by atoms with Gasteiger partial charge in [0.2, 0.25) is 0 Å². The number of thiophene rings is 1. The second kappa shape index (κ2) is 9.22. The Balaban J connectivity index is 1.52. The van der Waals surface area contributed by atoms with Gasteiger partial charge in [0.05, 0.1) is 20.9 Å². The number of anilines is 1. The van der Waals surface area contributed by atoms with E-state index in [2.05, 4.69) is 23.2 Å². The van der Waals surface area contributed by atoms with Gasteiger partial charge in [0.1, 0.15) is 10.0 Å². The van der Waals surface area contributed by atoms with Crippen LogP contribution in [0.2, 0.25) is 0 Å². The third-order valence-electron chi connectivity index (χ3n) is 6.17. The summed E-state index contributed by atoms with van der Waals surface area (Å²) in [6, 6.07) is 14.2. The molecule has 0 saturated heterocycles. The first-order valence-corrected chi connectivity index (χ1v) is 14.5. The van der Waals surface area contributed by atoms with Crippen LogP contribution in [-0.2, 0) is 22.8 Å². The fraction of sp³-hybridized carbons (Fsp3) is 0.280. The molecule has 9 heteroatoms. The maximum Gasteiger partial charge on any atom is 0.256 e. The monoisotopic (exact) mass is 511 g/mol. The fourth-order valence-corrected chi connectivity index (χ4v) is 7.46. The normalized spacial score (nSPS) is 14.3. The molecule has 0 saturated carbocycles. The van der Waals surface area contributed by atoms with E-state index in [0.29, 0.717) is 5.56 Å². The number of likely N-dealkylation sites (N-methyl/N-ethyl adjacent to an activating group) is 1. The summed E-state index contributed by atoms with van der Waals surface area (Å²) in [6.07, 6.45) is 0.921. The van der Waals surface area contributed by atoms with E-state index in [9.17, 15) is 13.2 Å². The Morgan fingerprint density at radius 2 is 1.85 bits per heavy atom. The highest BCUT2D eigenvalue weighted by Gasteiger charge is 2.27. The Bertz CT molecular complexity index is 1440. The molecule has 3 heterocycles. The molecule has 34 heavy (non-hydrogen) atoms. The van der Waals surface area contributed by atoms with Crippen LogP contribution in [-0.4, -0.2) is 43.1 Å². The summed E-state index contributed by atoms with van der Waals surface area (Å²) in [5.74, 6) is -0.228. The van der Waals surface area contributed by atoms with Crippen LogP contribution in [0.15, 0.2) is 53.4 Å². The number of hydrogen-bond donors (Lipinski definition) is 1. The lowest BCUT2D eigenvalue weighted by molar-refractivity contribution is 0.102. The number of carbonyl (C=O) groups is 1. The minimum absolute atomic E-state index is 0.0274. The van der Waals surface area contributed by atoms with Crippen LogP contribution < -0.4 is 5.32 Å². The van der Waals surface area contributed by atoms with Crippen LogP contribution in [0, 0.1) is 0 Å². The predicted octanol–water partition coefficient (Wildman–Crippen LogP) is 5.45. The molecule has 0 radical (unpaired) electrons. The number of fused-ring (bicyclic) bond motifs is 2. The summed E-state index contributed by atoms with van der Waals surface area (Å²) in [6.45, 7) is 6.62. The molecule has 1 aliphatic heterocycles. The molecule has 1 N–H and O–H groups in total. The summed E-state index contributed by atoms with van der Waals surface area (Å²) < 4.78 is 25.3. The van der Waals surface area contributed by atoms with Crippen molar-refractivity contribution in [3.05, 3.63) is 64.5 Å². The Morgan fingerprint density at radius 3 is 2.56 bits per heavy atom. The molecule has 0 atom stereocenters. The molecule has 6 nitrogen and oxygen atoms in total. The summed E-state index contributed by atoms with van der Waals surface area (Å²) in [7, 11) is -3.31. The lowest BCUT2D eigenvalue weighted by Crippen LogP contribution is -2.29. The highest BCUT2D eigenvalue weighted by atomic mass is 32.2. The van der Waals surface area contributed by atoms with Gasteiger partial charge in [0.15, 0.2) is 9.84 Å². The van der Waals surface area contributed by atoms with Gasteiger partial charge in [-0.25, -0.2) is 13.4 Å². The second-order valence-corrected chi connectivity index (χ2v) is 12.6. The average Bonchev–Trinajstić information content (AvgIpc) is 3.44. The highest BCUT2D eigenvalue weighted by molar-refractivity contribution is 7.91. The molecule has 4 aromatic rings.